The van der Waals surface area contributed by atoms with E-state index in [2.05, 4.69) is 15.3 Å². The fourth-order valence-electron chi connectivity index (χ4n) is 2.25. The smallest absolute Gasteiger partial charge is 0.204 e. The molecule has 2 rings (SSSR count). The number of aromatic nitrogens is 2. The van der Waals surface area contributed by atoms with Crippen LogP contribution in [0.2, 0.25) is 0 Å². The summed E-state index contributed by atoms with van der Waals surface area (Å²) in [4.78, 5) is 10.3. The van der Waals surface area contributed by atoms with Gasteiger partial charge in [-0.2, -0.15) is 0 Å². The molecule has 0 bridgehead atoms. The minimum absolute atomic E-state index is 0.132. The largest absolute Gasteiger partial charge is 0.490 e. The average Bonchev–Trinajstić information content (AvgIpc) is 2.36. The Morgan fingerprint density at radius 1 is 1.47 bits per heavy atom. The zero-order valence-electron chi connectivity index (χ0n) is 11.3. The van der Waals surface area contributed by atoms with Crippen LogP contribution in [0.4, 0.5) is 11.6 Å². The SMILES string of the molecule is CNc1ncnc(N2CCS(=O)(=O)CC2C)c1OC. The molecule has 1 N–H and O–H groups in total. The second-order valence-electron chi connectivity index (χ2n) is 4.49. The third kappa shape index (κ3) is 2.73. The van der Waals surface area contributed by atoms with E-state index in [1.165, 1.54) is 6.33 Å². The number of methoxy groups -OCH3 is 1. The number of anilines is 2. The highest BCUT2D eigenvalue weighted by Gasteiger charge is 2.31. The van der Waals surface area contributed by atoms with Crippen molar-refractivity contribution in [3.8, 4) is 5.75 Å². The van der Waals surface area contributed by atoms with Crippen molar-refractivity contribution in [1.82, 2.24) is 9.97 Å². The van der Waals surface area contributed by atoms with Crippen LogP contribution in [0.25, 0.3) is 0 Å². The van der Waals surface area contributed by atoms with E-state index in [1.54, 1.807) is 14.2 Å². The lowest BCUT2D eigenvalue weighted by Crippen LogP contribution is -2.47. The molecule has 2 heterocycles. The van der Waals surface area contributed by atoms with Gasteiger partial charge in [-0.1, -0.05) is 0 Å². The second-order valence-corrected chi connectivity index (χ2v) is 6.71. The first-order chi connectivity index (χ1) is 8.98. The molecule has 1 aliphatic rings. The molecule has 1 aromatic rings. The Balaban J connectivity index is 2.37. The molecule has 0 aromatic carbocycles. The zero-order valence-corrected chi connectivity index (χ0v) is 12.1. The first kappa shape index (κ1) is 13.9. The highest BCUT2D eigenvalue weighted by molar-refractivity contribution is 7.91. The van der Waals surface area contributed by atoms with Crippen LogP contribution in [-0.4, -0.2) is 56.6 Å². The molecule has 8 heteroatoms. The van der Waals surface area contributed by atoms with E-state index in [-0.39, 0.29) is 17.5 Å². The van der Waals surface area contributed by atoms with Crippen molar-refractivity contribution < 1.29 is 13.2 Å². The number of nitrogens with one attached hydrogen (secondary N) is 1. The summed E-state index contributed by atoms with van der Waals surface area (Å²) in [5, 5.41) is 2.94. The predicted octanol–water partition coefficient (Wildman–Crippen LogP) is 0.150. The van der Waals surface area contributed by atoms with Crippen LogP contribution in [0.1, 0.15) is 6.92 Å². The van der Waals surface area contributed by atoms with Crippen LogP contribution in [0, 0.1) is 0 Å². The van der Waals surface area contributed by atoms with Crippen molar-refractivity contribution in [3.63, 3.8) is 0 Å². The summed E-state index contributed by atoms with van der Waals surface area (Å²) in [7, 11) is 0.349. The maximum absolute atomic E-state index is 11.6. The minimum atomic E-state index is -2.95. The summed E-state index contributed by atoms with van der Waals surface area (Å²) in [5.41, 5.74) is 0. The summed E-state index contributed by atoms with van der Waals surface area (Å²) in [6.07, 6.45) is 1.44. The number of hydrogen-bond donors (Lipinski definition) is 1. The molecule has 0 spiro atoms. The molecule has 7 nitrogen and oxygen atoms in total. The standard InChI is InChI=1S/C11H18N4O3S/c1-8-6-19(16,17)5-4-15(8)11-9(18-3)10(12-2)13-7-14-11/h7-8H,4-6H2,1-3H3,(H,12,13,14). The van der Waals surface area contributed by atoms with E-state index in [4.69, 9.17) is 4.74 Å². The molecule has 0 saturated carbocycles. The van der Waals surface area contributed by atoms with E-state index >= 15 is 0 Å². The third-order valence-corrected chi connectivity index (χ3v) is 4.96. The summed E-state index contributed by atoms with van der Waals surface area (Å²) < 4.78 is 28.6. The van der Waals surface area contributed by atoms with Gasteiger partial charge < -0.3 is 15.0 Å². The fourth-order valence-corrected chi connectivity index (χ4v) is 3.80. The van der Waals surface area contributed by atoms with E-state index in [0.717, 1.165) is 0 Å². The Morgan fingerprint density at radius 2 is 2.21 bits per heavy atom. The lowest BCUT2D eigenvalue weighted by Gasteiger charge is -2.34. The second kappa shape index (κ2) is 5.20. The lowest BCUT2D eigenvalue weighted by molar-refractivity contribution is 0.411. The highest BCUT2D eigenvalue weighted by Crippen LogP contribution is 2.33. The normalized spacial score (nSPS) is 22.1. The van der Waals surface area contributed by atoms with Crippen molar-refractivity contribution in [2.45, 2.75) is 13.0 Å². The van der Waals surface area contributed by atoms with Gasteiger partial charge in [0.2, 0.25) is 5.75 Å². The molecule has 1 aliphatic heterocycles. The predicted molar refractivity (Wildman–Crippen MR) is 73.6 cm³/mol. The van der Waals surface area contributed by atoms with E-state index in [1.807, 2.05) is 11.8 Å². The van der Waals surface area contributed by atoms with Crippen molar-refractivity contribution in [2.24, 2.45) is 0 Å². The van der Waals surface area contributed by atoms with Gasteiger partial charge in [-0.3, -0.25) is 0 Å². The van der Waals surface area contributed by atoms with Gasteiger partial charge in [0.15, 0.2) is 21.5 Å². The average molecular weight is 286 g/mol. The van der Waals surface area contributed by atoms with Gasteiger partial charge in [0.1, 0.15) is 6.33 Å². The molecule has 1 fully saturated rings. The van der Waals surface area contributed by atoms with Gasteiger partial charge >= 0.3 is 0 Å². The Labute approximate surface area is 112 Å². The van der Waals surface area contributed by atoms with Crippen LogP contribution in [0.5, 0.6) is 5.75 Å². The first-order valence-electron chi connectivity index (χ1n) is 6.02. The van der Waals surface area contributed by atoms with Crippen LogP contribution < -0.4 is 15.0 Å². The topological polar surface area (TPSA) is 84.4 Å². The maximum atomic E-state index is 11.6. The molecule has 106 valence electrons. The van der Waals surface area contributed by atoms with Crippen LogP contribution >= 0.6 is 0 Å². The van der Waals surface area contributed by atoms with Crippen molar-refractivity contribution in [1.29, 1.82) is 0 Å². The number of sulfone groups is 1. The molecule has 19 heavy (non-hydrogen) atoms. The summed E-state index contributed by atoms with van der Waals surface area (Å²) in [5.74, 6) is 2.03. The quantitative estimate of drug-likeness (QED) is 0.846. The van der Waals surface area contributed by atoms with Gasteiger partial charge in [-0.05, 0) is 6.92 Å². The van der Waals surface area contributed by atoms with Gasteiger partial charge in [-0.15, -0.1) is 0 Å². The number of rotatable bonds is 3. The molecule has 1 aromatic heterocycles. The van der Waals surface area contributed by atoms with Crippen LogP contribution in [0.3, 0.4) is 0 Å². The fraction of sp³-hybridized carbons (Fsp3) is 0.636. The van der Waals surface area contributed by atoms with Crippen molar-refractivity contribution in [2.75, 3.05) is 42.4 Å². The summed E-state index contributed by atoms with van der Waals surface area (Å²) in [6.45, 7) is 2.29. The van der Waals surface area contributed by atoms with E-state index in [0.29, 0.717) is 23.9 Å². The van der Waals surface area contributed by atoms with E-state index in [9.17, 15) is 8.42 Å². The summed E-state index contributed by atoms with van der Waals surface area (Å²) in [6, 6.07) is -0.132. The van der Waals surface area contributed by atoms with Crippen molar-refractivity contribution in [3.05, 3.63) is 6.33 Å². The first-order valence-corrected chi connectivity index (χ1v) is 7.84. The maximum Gasteiger partial charge on any atom is 0.204 e. The molecule has 0 aliphatic carbocycles. The highest BCUT2D eigenvalue weighted by atomic mass is 32.2. The minimum Gasteiger partial charge on any atom is -0.490 e. The van der Waals surface area contributed by atoms with Crippen LogP contribution in [0.15, 0.2) is 6.33 Å². The lowest BCUT2D eigenvalue weighted by atomic mass is 10.3. The van der Waals surface area contributed by atoms with E-state index < -0.39 is 9.84 Å². The Morgan fingerprint density at radius 3 is 2.79 bits per heavy atom. The molecular formula is C11H18N4O3S. The number of ether oxygens (including phenoxy) is 1. The molecule has 0 radical (unpaired) electrons. The third-order valence-electron chi connectivity index (χ3n) is 3.17. The van der Waals surface area contributed by atoms with Gasteiger partial charge in [0.05, 0.1) is 18.6 Å². The zero-order chi connectivity index (χ0) is 14.0. The number of hydrogen-bond acceptors (Lipinski definition) is 7. The molecule has 1 atom stereocenters. The molecule has 1 unspecified atom stereocenters. The van der Waals surface area contributed by atoms with Crippen molar-refractivity contribution >= 4 is 21.5 Å². The molecular weight excluding hydrogens is 268 g/mol. The van der Waals surface area contributed by atoms with Gasteiger partial charge in [-0.25, -0.2) is 18.4 Å². The summed E-state index contributed by atoms with van der Waals surface area (Å²) >= 11 is 0. The molecule has 1 saturated heterocycles. The van der Waals surface area contributed by atoms with Gasteiger partial charge in [0.25, 0.3) is 0 Å². The monoisotopic (exact) mass is 286 g/mol. The van der Waals surface area contributed by atoms with Crippen LogP contribution in [-0.2, 0) is 9.84 Å². The Kier molecular flexibility index (Phi) is 3.79. The van der Waals surface area contributed by atoms with Gasteiger partial charge in [0, 0.05) is 19.6 Å². The Hall–Kier alpha value is -1.57. The number of nitrogens with zero attached hydrogens (tertiary/aromatic N) is 3. The molecule has 0 amide bonds. The Bertz CT molecular complexity index is 561.